The molecule has 1 amide bonds. The van der Waals surface area contributed by atoms with Crippen LogP contribution in [0.15, 0.2) is 36.4 Å². The molecular formula is C13H12F3N3O2. The van der Waals surface area contributed by atoms with Crippen LogP contribution in [0.5, 0.6) is 0 Å². The number of carbonyl (C=O) groups is 1. The van der Waals surface area contributed by atoms with Crippen molar-refractivity contribution in [3.05, 3.63) is 42.1 Å². The number of nitrogens with zero attached hydrogens (tertiary/aromatic N) is 2. The Morgan fingerprint density at radius 2 is 2.00 bits per heavy atom. The van der Waals surface area contributed by atoms with Gasteiger partial charge in [0, 0.05) is 6.07 Å². The van der Waals surface area contributed by atoms with Crippen molar-refractivity contribution >= 4 is 11.9 Å². The highest BCUT2D eigenvalue weighted by Gasteiger charge is 2.29. The molecule has 112 valence electrons. The maximum Gasteiger partial charge on any atom is 0.422 e. The topological polar surface area (TPSA) is 56.1 Å². The normalized spacial score (nSPS) is 11.2. The number of nitrogens with one attached hydrogen (secondary N) is 1. The molecule has 1 aromatic heterocycles. The number of rotatable bonds is 3. The number of alkyl halides is 3. The monoisotopic (exact) mass is 299 g/mol. The molecule has 8 heteroatoms. The van der Waals surface area contributed by atoms with Crippen molar-refractivity contribution in [1.82, 2.24) is 9.78 Å². The maximum atomic E-state index is 12.0. The second-order valence-corrected chi connectivity index (χ2v) is 4.23. The molecule has 0 unspecified atom stereocenters. The Kier molecular flexibility index (Phi) is 4.15. The van der Waals surface area contributed by atoms with E-state index < -0.39 is 18.9 Å². The van der Waals surface area contributed by atoms with Gasteiger partial charge in [0.15, 0.2) is 6.61 Å². The molecule has 0 radical (unpaired) electrons. The number of halogens is 3. The number of hydrogen-bond donors (Lipinski definition) is 1. The second kappa shape index (κ2) is 5.86. The van der Waals surface area contributed by atoms with Crippen LogP contribution in [-0.2, 0) is 4.74 Å². The highest BCUT2D eigenvalue weighted by molar-refractivity contribution is 5.84. The molecule has 0 atom stereocenters. The van der Waals surface area contributed by atoms with E-state index in [4.69, 9.17) is 0 Å². The summed E-state index contributed by atoms with van der Waals surface area (Å²) in [5, 5.41) is 6.41. The summed E-state index contributed by atoms with van der Waals surface area (Å²) in [6.07, 6.45) is -5.75. The van der Waals surface area contributed by atoms with Crippen LogP contribution in [0.1, 0.15) is 5.69 Å². The Labute approximate surface area is 118 Å². The Hall–Kier alpha value is -2.51. The zero-order valence-electron chi connectivity index (χ0n) is 11.0. The molecule has 21 heavy (non-hydrogen) atoms. The minimum atomic E-state index is -4.56. The average Bonchev–Trinajstić information content (AvgIpc) is 2.77. The first-order valence-electron chi connectivity index (χ1n) is 5.98. The van der Waals surface area contributed by atoms with Crippen LogP contribution in [0.25, 0.3) is 5.69 Å². The molecule has 0 aliphatic rings. The summed E-state index contributed by atoms with van der Waals surface area (Å²) in [6, 6.07) is 10.4. The van der Waals surface area contributed by atoms with Gasteiger partial charge in [0.2, 0.25) is 0 Å². The fraction of sp³-hybridized carbons (Fsp3) is 0.231. The molecular weight excluding hydrogens is 287 g/mol. The fourth-order valence-electron chi connectivity index (χ4n) is 1.64. The van der Waals surface area contributed by atoms with Crippen molar-refractivity contribution in [1.29, 1.82) is 0 Å². The van der Waals surface area contributed by atoms with Crippen LogP contribution in [0, 0.1) is 6.92 Å². The Bertz CT molecular complexity index is 623. The molecule has 0 aliphatic heterocycles. The Morgan fingerprint density at radius 3 is 2.62 bits per heavy atom. The lowest BCUT2D eigenvalue weighted by Crippen LogP contribution is -2.24. The summed E-state index contributed by atoms with van der Waals surface area (Å²) in [5.41, 5.74) is 1.27. The van der Waals surface area contributed by atoms with Crippen molar-refractivity contribution < 1.29 is 22.7 Å². The summed E-state index contributed by atoms with van der Waals surface area (Å²) in [6.45, 7) is 0.0585. The van der Waals surface area contributed by atoms with E-state index >= 15 is 0 Å². The van der Waals surface area contributed by atoms with Gasteiger partial charge in [-0.25, -0.2) is 9.48 Å². The van der Waals surface area contributed by atoms with Crippen molar-refractivity contribution in [3.8, 4) is 5.69 Å². The first-order chi connectivity index (χ1) is 9.85. The molecule has 5 nitrogen and oxygen atoms in total. The number of hydrogen-bond acceptors (Lipinski definition) is 3. The van der Waals surface area contributed by atoms with Gasteiger partial charge in [-0.1, -0.05) is 18.2 Å². The van der Waals surface area contributed by atoms with Gasteiger partial charge in [0.1, 0.15) is 5.82 Å². The summed E-state index contributed by atoms with van der Waals surface area (Å²) in [4.78, 5) is 11.4. The van der Waals surface area contributed by atoms with Crippen molar-refractivity contribution in [2.24, 2.45) is 0 Å². The maximum absolute atomic E-state index is 12.0. The molecule has 0 saturated carbocycles. The number of benzene rings is 1. The molecule has 0 saturated heterocycles. The third kappa shape index (κ3) is 4.23. The average molecular weight is 299 g/mol. The first-order valence-corrected chi connectivity index (χ1v) is 5.98. The van der Waals surface area contributed by atoms with E-state index in [-0.39, 0.29) is 5.82 Å². The third-order valence-corrected chi connectivity index (χ3v) is 2.43. The van der Waals surface area contributed by atoms with Gasteiger partial charge in [0.25, 0.3) is 0 Å². The van der Waals surface area contributed by atoms with Crippen LogP contribution in [0.4, 0.5) is 23.8 Å². The van der Waals surface area contributed by atoms with Crippen molar-refractivity contribution in [2.75, 3.05) is 11.9 Å². The first kappa shape index (κ1) is 14.9. The van der Waals surface area contributed by atoms with E-state index in [0.29, 0.717) is 11.4 Å². The van der Waals surface area contributed by atoms with E-state index in [2.05, 4.69) is 15.2 Å². The van der Waals surface area contributed by atoms with Gasteiger partial charge >= 0.3 is 12.3 Å². The highest BCUT2D eigenvalue weighted by Crippen LogP contribution is 2.18. The minimum absolute atomic E-state index is 0.228. The number of para-hydroxylation sites is 1. The molecule has 1 aromatic carbocycles. The van der Waals surface area contributed by atoms with E-state index in [1.165, 1.54) is 10.7 Å². The standard InChI is InChI=1S/C13H12F3N3O2/c1-9-7-11(17-12(20)21-8-13(14,15)16)19(18-9)10-5-3-2-4-6-10/h2-7H,8H2,1H3,(H,17,20). The van der Waals surface area contributed by atoms with Crippen molar-refractivity contribution in [3.63, 3.8) is 0 Å². The van der Waals surface area contributed by atoms with Crippen LogP contribution in [0.3, 0.4) is 0 Å². The third-order valence-electron chi connectivity index (χ3n) is 2.43. The predicted octanol–water partition coefficient (Wildman–Crippen LogP) is 3.29. The van der Waals surface area contributed by atoms with Crippen LogP contribution < -0.4 is 5.32 Å². The van der Waals surface area contributed by atoms with Gasteiger partial charge in [-0.05, 0) is 19.1 Å². The molecule has 2 rings (SSSR count). The van der Waals surface area contributed by atoms with Gasteiger partial charge in [-0.3, -0.25) is 5.32 Å². The molecule has 0 bridgehead atoms. The van der Waals surface area contributed by atoms with Gasteiger partial charge < -0.3 is 4.74 Å². The Balaban J connectivity index is 2.12. The number of anilines is 1. The second-order valence-electron chi connectivity index (χ2n) is 4.23. The van der Waals surface area contributed by atoms with Gasteiger partial charge in [-0.15, -0.1) is 0 Å². The molecule has 1 N–H and O–H groups in total. The van der Waals surface area contributed by atoms with Crippen LogP contribution in [0.2, 0.25) is 0 Å². The SMILES string of the molecule is Cc1cc(NC(=O)OCC(F)(F)F)n(-c2ccccc2)n1. The lowest BCUT2D eigenvalue weighted by atomic mass is 10.3. The van der Waals surface area contributed by atoms with Crippen LogP contribution in [-0.4, -0.2) is 28.7 Å². The van der Waals surface area contributed by atoms with Crippen molar-refractivity contribution in [2.45, 2.75) is 13.1 Å². The number of amides is 1. The zero-order valence-corrected chi connectivity index (χ0v) is 11.0. The number of aromatic nitrogens is 2. The predicted molar refractivity (Wildman–Crippen MR) is 69.3 cm³/mol. The fourth-order valence-corrected chi connectivity index (χ4v) is 1.64. The number of aryl methyl sites for hydroxylation is 1. The van der Waals surface area contributed by atoms with E-state index in [1.807, 2.05) is 6.07 Å². The quantitative estimate of drug-likeness (QED) is 0.946. The summed E-state index contributed by atoms with van der Waals surface area (Å²) in [7, 11) is 0. The molecule has 0 fully saturated rings. The molecule has 1 heterocycles. The van der Waals surface area contributed by atoms with Gasteiger partial charge in [-0.2, -0.15) is 18.3 Å². The summed E-state index contributed by atoms with van der Waals surface area (Å²) in [5.74, 6) is 0.228. The number of ether oxygens (including phenoxy) is 1. The number of carbonyl (C=O) groups excluding carboxylic acids is 1. The molecule has 0 aliphatic carbocycles. The summed E-state index contributed by atoms with van der Waals surface area (Å²) >= 11 is 0. The molecule has 2 aromatic rings. The Morgan fingerprint density at radius 1 is 1.33 bits per heavy atom. The smallest absolute Gasteiger partial charge is 0.422 e. The van der Waals surface area contributed by atoms with E-state index in [1.54, 1.807) is 31.2 Å². The van der Waals surface area contributed by atoms with Gasteiger partial charge in [0.05, 0.1) is 11.4 Å². The van der Waals surface area contributed by atoms with E-state index in [0.717, 1.165) is 0 Å². The zero-order chi connectivity index (χ0) is 15.5. The largest absolute Gasteiger partial charge is 0.440 e. The molecule has 0 spiro atoms. The minimum Gasteiger partial charge on any atom is -0.440 e. The highest BCUT2D eigenvalue weighted by atomic mass is 19.4. The van der Waals surface area contributed by atoms with E-state index in [9.17, 15) is 18.0 Å². The lowest BCUT2D eigenvalue weighted by molar-refractivity contribution is -0.159. The lowest BCUT2D eigenvalue weighted by Gasteiger charge is -2.10. The summed E-state index contributed by atoms with van der Waals surface area (Å²) < 4.78 is 41.4. The van der Waals surface area contributed by atoms with Crippen LogP contribution >= 0.6 is 0 Å².